The van der Waals surface area contributed by atoms with Gasteiger partial charge in [0.1, 0.15) is 5.75 Å². The van der Waals surface area contributed by atoms with Crippen LogP contribution in [0.15, 0.2) is 24.4 Å². The summed E-state index contributed by atoms with van der Waals surface area (Å²) in [6.45, 7) is 0. The van der Waals surface area contributed by atoms with Gasteiger partial charge >= 0.3 is 0 Å². The number of fused-ring (bicyclic) bond motifs is 1. The lowest BCUT2D eigenvalue weighted by atomic mass is 10.1. The predicted molar refractivity (Wildman–Crippen MR) is 57.5 cm³/mol. The van der Waals surface area contributed by atoms with Crippen LogP contribution in [0.25, 0.3) is 10.9 Å². The van der Waals surface area contributed by atoms with Gasteiger partial charge in [-0.05, 0) is 23.8 Å². The van der Waals surface area contributed by atoms with Gasteiger partial charge in [0, 0.05) is 24.1 Å². The number of phenols is 1. The van der Waals surface area contributed by atoms with E-state index in [1.54, 1.807) is 12.1 Å². The Labute approximate surface area is 86.9 Å². The summed E-state index contributed by atoms with van der Waals surface area (Å²) in [6.07, 6.45) is 2.05. The van der Waals surface area contributed by atoms with Crippen LogP contribution in [0, 0.1) is 0 Å². The van der Waals surface area contributed by atoms with E-state index in [1.807, 2.05) is 23.9 Å². The Morgan fingerprint density at radius 1 is 1.53 bits per heavy atom. The van der Waals surface area contributed by atoms with Crippen molar-refractivity contribution in [2.24, 2.45) is 12.8 Å². The van der Waals surface area contributed by atoms with Gasteiger partial charge in [0.05, 0.1) is 6.42 Å². The first-order valence-electron chi connectivity index (χ1n) is 4.63. The first-order valence-corrected chi connectivity index (χ1v) is 4.63. The van der Waals surface area contributed by atoms with E-state index in [-0.39, 0.29) is 18.1 Å². The summed E-state index contributed by atoms with van der Waals surface area (Å²) in [7, 11) is 1.89. The Bertz CT molecular complexity index is 529. The molecule has 15 heavy (non-hydrogen) atoms. The van der Waals surface area contributed by atoms with Crippen molar-refractivity contribution < 1.29 is 9.90 Å². The molecule has 2 aromatic rings. The van der Waals surface area contributed by atoms with Crippen LogP contribution in [-0.4, -0.2) is 15.6 Å². The number of aromatic hydroxyl groups is 1. The average Bonchev–Trinajstić information content (AvgIpc) is 2.42. The number of nitrogens with two attached hydrogens (primary N) is 1. The van der Waals surface area contributed by atoms with Gasteiger partial charge in [0.25, 0.3) is 0 Å². The Balaban J connectivity index is 2.64. The molecule has 0 aliphatic carbocycles. The van der Waals surface area contributed by atoms with Gasteiger partial charge in [-0.15, -0.1) is 0 Å². The van der Waals surface area contributed by atoms with Crippen molar-refractivity contribution in [3.05, 3.63) is 30.0 Å². The quantitative estimate of drug-likeness (QED) is 0.763. The molecule has 0 aliphatic heterocycles. The van der Waals surface area contributed by atoms with E-state index < -0.39 is 0 Å². The van der Waals surface area contributed by atoms with Gasteiger partial charge in [0.15, 0.2) is 0 Å². The molecule has 0 saturated carbocycles. The number of phenolic OH excluding ortho intramolecular Hbond substituents is 1. The SMILES string of the molecule is Cn1cc(CC(N)=O)c2cc(O)ccc21. The van der Waals surface area contributed by atoms with Crippen LogP contribution < -0.4 is 5.73 Å². The van der Waals surface area contributed by atoms with E-state index in [4.69, 9.17) is 5.73 Å². The molecule has 1 amide bonds. The third-order valence-electron chi connectivity index (χ3n) is 2.42. The molecule has 1 aromatic carbocycles. The minimum absolute atomic E-state index is 0.194. The molecule has 0 bridgehead atoms. The van der Waals surface area contributed by atoms with Crippen molar-refractivity contribution in [2.75, 3.05) is 0 Å². The second-order valence-corrected chi connectivity index (χ2v) is 3.61. The van der Waals surface area contributed by atoms with Crippen LogP contribution in [0.4, 0.5) is 0 Å². The normalized spacial score (nSPS) is 10.7. The second-order valence-electron chi connectivity index (χ2n) is 3.61. The zero-order valence-electron chi connectivity index (χ0n) is 8.40. The molecule has 0 aliphatic rings. The molecule has 0 saturated heterocycles. The summed E-state index contributed by atoms with van der Waals surface area (Å²) >= 11 is 0. The van der Waals surface area contributed by atoms with Crippen LogP contribution >= 0.6 is 0 Å². The van der Waals surface area contributed by atoms with E-state index in [9.17, 15) is 9.90 Å². The highest BCUT2D eigenvalue weighted by atomic mass is 16.3. The molecule has 0 fully saturated rings. The first-order chi connectivity index (χ1) is 7.08. The van der Waals surface area contributed by atoms with Crippen LogP contribution in [0.1, 0.15) is 5.56 Å². The average molecular weight is 204 g/mol. The maximum Gasteiger partial charge on any atom is 0.221 e. The number of amides is 1. The molecule has 0 unspecified atom stereocenters. The topological polar surface area (TPSA) is 68.2 Å². The van der Waals surface area contributed by atoms with Crippen LogP contribution in [-0.2, 0) is 18.3 Å². The molecular formula is C11H12N2O2. The van der Waals surface area contributed by atoms with E-state index in [0.717, 1.165) is 16.5 Å². The maximum atomic E-state index is 10.9. The zero-order valence-corrected chi connectivity index (χ0v) is 8.40. The first kappa shape index (κ1) is 9.58. The van der Waals surface area contributed by atoms with Gasteiger partial charge in [-0.2, -0.15) is 0 Å². The number of aryl methyl sites for hydroxylation is 1. The van der Waals surface area contributed by atoms with E-state index in [1.165, 1.54) is 0 Å². The highest BCUT2D eigenvalue weighted by Gasteiger charge is 2.09. The van der Waals surface area contributed by atoms with Gasteiger partial charge in [-0.3, -0.25) is 4.79 Å². The van der Waals surface area contributed by atoms with Crippen molar-refractivity contribution in [3.8, 4) is 5.75 Å². The summed E-state index contributed by atoms with van der Waals surface area (Å²) in [5.41, 5.74) is 6.97. The minimum atomic E-state index is -0.370. The van der Waals surface area contributed by atoms with E-state index >= 15 is 0 Å². The zero-order chi connectivity index (χ0) is 11.0. The smallest absolute Gasteiger partial charge is 0.221 e. The largest absolute Gasteiger partial charge is 0.508 e. The third kappa shape index (κ3) is 1.66. The number of carbonyl (C=O) groups excluding carboxylic acids is 1. The van der Waals surface area contributed by atoms with Gasteiger partial charge < -0.3 is 15.4 Å². The molecular weight excluding hydrogens is 192 g/mol. The Morgan fingerprint density at radius 2 is 2.27 bits per heavy atom. The fourth-order valence-corrected chi connectivity index (χ4v) is 1.79. The standard InChI is InChI=1S/C11H12N2O2/c1-13-6-7(4-11(12)15)9-5-8(14)2-3-10(9)13/h2-3,5-6,14H,4H2,1H3,(H2,12,15). The molecule has 4 heteroatoms. The lowest BCUT2D eigenvalue weighted by molar-refractivity contribution is -0.117. The predicted octanol–water partition coefficient (Wildman–Crippen LogP) is 0.912. The second kappa shape index (κ2) is 3.31. The minimum Gasteiger partial charge on any atom is -0.508 e. The number of carbonyl (C=O) groups is 1. The molecule has 4 nitrogen and oxygen atoms in total. The number of primary amides is 1. The van der Waals surface area contributed by atoms with E-state index in [0.29, 0.717) is 0 Å². The summed E-state index contributed by atoms with van der Waals surface area (Å²) in [5, 5.41) is 10.2. The number of nitrogens with zero attached hydrogens (tertiary/aromatic N) is 1. The number of rotatable bonds is 2. The Kier molecular flexibility index (Phi) is 2.11. The van der Waals surface area contributed by atoms with Crippen LogP contribution in [0.3, 0.4) is 0 Å². The molecule has 0 atom stereocenters. The highest BCUT2D eigenvalue weighted by Crippen LogP contribution is 2.24. The number of benzene rings is 1. The molecule has 78 valence electrons. The molecule has 3 N–H and O–H groups in total. The van der Waals surface area contributed by atoms with Crippen LogP contribution in [0.2, 0.25) is 0 Å². The van der Waals surface area contributed by atoms with Gasteiger partial charge in [-0.25, -0.2) is 0 Å². The Morgan fingerprint density at radius 3 is 2.93 bits per heavy atom. The van der Waals surface area contributed by atoms with Gasteiger partial charge in [-0.1, -0.05) is 0 Å². The van der Waals surface area contributed by atoms with Crippen molar-refractivity contribution in [2.45, 2.75) is 6.42 Å². The number of hydrogen-bond acceptors (Lipinski definition) is 2. The molecule has 0 radical (unpaired) electrons. The third-order valence-corrected chi connectivity index (χ3v) is 2.42. The fraction of sp³-hybridized carbons (Fsp3) is 0.182. The molecule has 0 spiro atoms. The number of hydrogen-bond donors (Lipinski definition) is 2. The van der Waals surface area contributed by atoms with Crippen molar-refractivity contribution in [1.29, 1.82) is 0 Å². The summed E-state index contributed by atoms with van der Waals surface area (Å²) < 4.78 is 1.91. The van der Waals surface area contributed by atoms with Gasteiger partial charge in [0.2, 0.25) is 5.91 Å². The van der Waals surface area contributed by atoms with Crippen molar-refractivity contribution in [3.63, 3.8) is 0 Å². The van der Waals surface area contributed by atoms with E-state index in [2.05, 4.69) is 0 Å². The maximum absolute atomic E-state index is 10.9. The molecule has 1 aromatic heterocycles. The lowest BCUT2D eigenvalue weighted by Gasteiger charge is -1.97. The highest BCUT2D eigenvalue weighted by molar-refractivity contribution is 5.89. The summed E-state index contributed by atoms with van der Waals surface area (Å²) in [4.78, 5) is 10.9. The summed E-state index contributed by atoms with van der Waals surface area (Å²) in [6, 6.07) is 5.08. The van der Waals surface area contributed by atoms with Crippen molar-refractivity contribution >= 4 is 16.8 Å². The molecule has 2 rings (SSSR count). The lowest BCUT2D eigenvalue weighted by Crippen LogP contribution is -2.13. The monoisotopic (exact) mass is 204 g/mol. The number of aromatic nitrogens is 1. The Hall–Kier alpha value is -1.97. The molecule has 1 heterocycles. The fourth-order valence-electron chi connectivity index (χ4n) is 1.79. The van der Waals surface area contributed by atoms with Crippen molar-refractivity contribution in [1.82, 2.24) is 4.57 Å². The summed E-state index contributed by atoms with van der Waals surface area (Å²) in [5.74, 6) is -0.176. The van der Waals surface area contributed by atoms with Crippen LogP contribution in [0.5, 0.6) is 5.75 Å².